The lowest BCUT2D eigenvalue weighted by Gasteiger charge is -2.39. The molecule has 1 aliphatic heterocycles. The molecule has 2 amide bonds. The van der Waals surface area contributed by atoms with Crippen LogP contribution < -0.4 is 10.6 Å². The third-order valence-electron chi connectivity index (χ3n) is 8.47. The van der Waals surface area contributed by atoms with Gasteiger partial charge in [0, 0.05) is 13.0 Å². The van der Waals surface area contributed by atoms with Crippen molar-refractivity contribution in [2.24, 2.45) is 0 Å². The van der Waals surface area contributed by atoms with Crippen LogP contribution in [0.25, 0.3) is 0 Å². The molecular weight excluding hydrogens is 576 g/mol. The van der Waals surface area contributed by atoms with Gasteiger partial charge in [-0.05, 0) is 31.2 Å². The first-order valence-corrected chi connectivity index (χ1v) is 17.4. The molecule has 6 atom stereocenters. The first kappa shape index (κ1) is 39.1. The number of nitrogens with one attached hydrogen (secondary N) is 2. The highest BCUT2D eigenvalue weighted by Gasteiger charge is 2.44. The molecule has 1 fully saturated rings. The normalized spacial score (nSPS) is 22.2. The molecular formula is C35H60N2O8. The predicted octanol–water partition coefficient (Wildman–Crippen LogP) is 3.91. The van der Waals surface area contributed by atoms with Gasteiger partial charge >= 0.3 is 0 Å². The van der Waals surface area contributed by atoms with Gasteiger partial charge in [-0.3, -0.25) is 9.59 Å². The van der Waals surface area contributed by atoms with Gasteiger partial charge in [0.2, 0.25) is 11.8 Å². The lowest BCUT2D eigenvalue weighted by atomic mass is 9.99. The predicted molar refractivity (Wildman–Crippen MR) is 174 cm³/mol. The summed E-state index contributed by atoms with van der Waals surface area (Å²) in [5, 5.41) is 45.5. The lowest BCUT2D eigenvalue weighted by molar-refractivity contribution is -0.301. The smallest absolute Gasteiger partial charge is 0.244 e. The molecule has 1 aromatic carbocycles. The number of aryl methyl sites for hydroxylation is 1. The van der Waals surface area contributed by atoms with E-state index in [1.807, 2.05) is 18.2 Å². The van der Waals surface area contributed by atoms with Crippen LogP contribution in [0.4, 0.5) is 0 Å². The van der Waals surface area contributed by atoms with Crippen LogP contribution in [-0.4, -0.2) is 88.7 Å². The zero-order valence-corrected chi connectivity index (χ0v) is 27.4. The number of aliphatic hydroxyl groups excluding tert-OH is 4. The van der Waals surface area contributed by atoms with Gasteiger partial charge in [0.25, 0.3) is 0 Å². The van der Waals surface area contributed by atoms with Crippen molar-refractivity contribution in [2.45, 2.75) is 153 Å². The summed E-state index contributed by atoms with van der Waals surface area (Å²) in [6.45, 7) is 1.81. The van der Waals surface area contributed by atoms with E-state index in [2.05, 4.69) is 29.7 Å². The summed E-state index contributed by atoms with van der Waals surface area (Å²) in [5.41, 5.74) is 1.26. The highest BCUT2D eigenvalue weighted by molar-refractivity contribution is 5.87. The molecule has 258 valence electrons. The molecule has 0 unspecified atom stereocenters. The van der Waals surface area contributed by atoms with E-state index in [0.29, 0.717) is 13.0 Å². The van der Waals surface area contributed by atoms with E-state index < -0.39 is 49.3 Å². The van der Waals surface area contributed by atoms with E-state index in [1.54, 1.807) is 0 Å². The number of hydrogen-bond donors (Lipinski definition) is 6. The Morgan fingerprint density at radius 2 is 1.40 bits per heavy atom. The van der Waals surface area contributed by atoms with Crippen LogP contribution in [0.15, 0.2) is 30.3 Å². The van der Waals surface area contributed by atoms with E-state index in [1.165, 1.54) is 63.4 Å². The Hall–Kier alpha value is -2.08. The third-order valence-corrected chi connectivity index (χ3v) is 8.47. The van der Waals surface area contributed by atoms with Crippen molar-refractivity contribution in [3.05, 3.63) is 35.9 Å². The van der Waals surface area contributed by atoms with Crippen molar-refractivity contribution in [3.63, 3.8) is 0 Å². The second-order valence-electron chi connectivity index (χ2n) is 12.4. The molecule has 0 spiro atoms. The second-order valence-corrected chi connectivity index (χ2v) is 12.4. The highest BCUT2D eigenvalue weighted by atomic mass is 16.7. The molecule has 1 heterocycles. The van der Waals surface area contributed by atoms with Gasteiger partial charge in [0.05, 0.1) is 13.2 Å². The average Bonchev–Trinajstić information content (AvgIpc) is 3.05. The molecule has 0 saturated carbocycles. The Kier molecular flexibility index (Phi) is 21.0. The van der Waals surface area contributed by atoms with Crippen LogP contribution in [0, 0.1) is 0 Å². The zero-order chi connectivity index (χ0) is 32.7. The van der Waals surface area contributed by atoms with Crippen molar-refractivity contribution in [1.82, 2.24) is 10.6 Å². The first-order valence-electron chi connectivity index (χ1n) is 17.4. The van der Waals surface area contributed by atoms with Gasteiger partial charge in [0.15, 0.2) is 6.29 Å². The van der Waals surface area contributed by atoms with Gasteiger partial charge < -0.3 is 40.5 Å². The van der Waals surface area contributed by atoms with E-state index in [4.69, 9.17) is 9.47 Å². The summed E-state index contributed by atoms with van der Waals surface area (Å²) >= 11 is 0. The van der Waals surface area contributed by atoms with Crippen molar-refractivity contribution in [1.29, 1.82) is 0 Å². The van der Waals surface area contributed by atoms with Gasteiger partial charge in [-0.25, -0.2) is 0 Å². The molecule has 2 rings (SSSR count). The number of carbonyl (C=O) groups excluding carboxylic acids is 2. The maximum atomic E-state index is 13.1. The maximum absolute atomic E-state index is 13.1. The van der Waals surface area contributed by atoms with E-state index in [9.17, 15) is 30.0 Å². The maximum Gasteiger partial charge on any atom is 0.244 e. The van der Waals surface area contributed by atoms with Crippen molar-refractivity contribution >= 4 is 11.8 Å². The van der Waals surface area contributed by atoms with E-state index in [0.717, 1.165) is 38.5 Å². The number of carbonyl (C=O) groups is 2. The second kappa shape index (κ2) is 24.1. The molecule has 0 aliphatic carbocycles. The van der Waals surface area contributed by atoms with Crippen LogP contribution in [0.3, 0.4) is 0 Å². The molecule has 10 nitrogen and oxygen atoms in total. The number of rotatable bonds is 25. The number of ether oxygens (including phenoxy) is 2. The third kappa shape index (κ3) is 16.4. The van der Waals surface area contributed by atoms with Crippen LogP contribution in [0.2, 0.25) is 0 Å². The Labute approximate surface area is 270 Å². The number of hydrogen-bond acceptors (Lipinski definition) is 8. The summed E-state index contributed by atoms with van der Waals surface area (Å²) in [6, 6.07) is 9.15. The largest absolute Gasteiger partial charge is 0.394 e. The minimum atomic E-state index is -1.59. The van der Waals surface area contributed by atoms with Crippen molar-refractivity contribution in [2.75, 3.05) is 19.8 Å². The first-order chi connectivity index (χ1) is 21.9. The number of aliphatic hydroxyl groups is 4. The Balaban J connectivity index is 1.74. The number of benzene rings is 1. The van der Waals surface area contributed by atoms with E-state index in [-0.39, 0.29) is 18.9 Å². The fourth-order valence-corrected chi connectivity index (χ4v) is 5.58. The van der Waals surface area contributed by atoms with Gasteiger partial charge in [-0.1, -0.05) is 114 Å². The highest BCUT2D eigenvalue weighted by Crippen LogP contribution is 2.22. The molecule has 6 N–H and O–H groups in total. The molecule has 0 bridgehead atoms. The summed E-state index contributed by atoms with van der Waals surface area (Å²) < 4.78 is 11.0. The Morgan fingerprint density at radius 1 is 0.800 bits per heavy atom. The molecule has 1 aromatic rings. The number of unbranched alkanes of at least 4 members (excludes halogenated alkanes) is 13. The lowest BCUT2D eigenvalue weighted by Crippen LogP contribution is -2.60. The average molecular weight is 637 g/mol. The summed E-state index contributed by atoms with van der Waals surface area (Å²) in [4.78, 5) is 25.8. The summed E-state index contributed by atoms with van der Waals surface area (Å²) in [5.74, 6) is -0.683. The van der Waals surface area contributed by atoms with Crippen molar-refractivity contribution < 1.29 is 39.5 Å². The number of amides is 2. The molecule has 10 heteroatoms. The van der Waals surface area contributed by atoms with Crippen LogP contribution in [-0.2, 0) is 25.5 Å². The Morgan fingerprint density at radius 3 is 2.02 bits per heavy atom. The summed E-state index contributed by atoms with van der Waals surface area (Å²) in [7, 11) is 0. The van der Waals surface area contributed by atoms with Crippen LogP contribution >= 0.6 is 0 Å². The zero-order valence-electron chi connectivity index (χ0n) is 27.4. The minimum absolute atomic E-state index is 0.261. The SMILES string of the molecule is CCCCCCCCCCCCCCNC(=O)[C@H](CO[C@H]1O[C@H](CO)[C@H](O)[C@H](O)[C@H]1O)NC(=O)CCCCCc1ccccc1. The van der Waals surface area contributed by atoms with Crippen LogP contribution in [0.5, 0.6) is 0 Å². The van der Waals surface area contributed by atoms with Crippen LogP contribution in [0.1, 0.15) is 115 Å². The van der Waals surface area contributed by atoms with E-state index >= 15 is 0 Å². The van der Waals surface area contributed by atoms with Gasteiger partial charge in [0.1, 0.15) is 30.5 Å². The van der Waals surface area contributed by atoms with Crippen molar-refractivity contribution in [3.8, 4) is 0 Å². The fourth-order valence-electron chi connectivity index (χ4n) is 5.58. The minimum Gasteiger partial charge on any atom is -0.394 e. The Bertz CT molecular complexity index is 903. The monoisotopic (exact) mass is 636 g/mol. The molecule has 0 radical (unpaired) electrons. The van der Waals surface area contributed by atoms with Gasteiger partial charge in [-0.2, -0.15) is 0 Å². The summed E-state index contributed by atoms with van der Waals surface area (Å²) in [6.07, 6.45) is 11.2. The quantitative estimate of drug-likeness (QED) is 0.0883. The topological polar surface area (TPSA) is 158 Å². The molecule has 0 aromatic heterocycles. The van der Waals surface area contributed by atoms with Gasteiger partial charge in [-0.15, -0.1) is 0 Å². The molecule has 1 saturated heterocycles. The fraction of sp³-hybridized carbons (Fsp3) is 0.771. The molecule has 45 heavy (non-hydrogen) atoms. The molecule has 1 aliphatic rings. The standard InChI is InChI=1S/C35H60N2O8/c1-2-3-4-5-6-7-8-9-10-11-12-19-24-36-34(43)28(26-44-35-33(42)32(41)31(40)29(25-38)45-35)37-30(39)23-18-14-17-22-27-20-15-13-16-21-27/h13,15-16,20-21,28-29,31-33,35,38,40-42H,2-12,14,17-19,22-26H2,1H3,(H,36,43)(H,37,39)/t28-,29+,31-,32-,33+,35-/m0/s1.